The summed E-state index contributed by atoms with van der Waals surface area (Å²) in [6.07, 6.45) is 2.91. The first-order chi connectivity index (χ1) is 13.4. The van der Waals surface area contributed by atoms with Crippen molar-refractivity contribution in [2.45, 2.75) is 32.9 Å². The smallest absolute Gasteiger partial charge is 0.390 e. The number of hydrogen-bond donors (Lipinski definition) is 0. The third-order valence-corrected chi connectivity index (χ3v) is 4.75. The summed E-state index contributed by atoms with van der Waals surface area (Å²) in [5, 5.41) is 4.25. The molecular weight excluding hydrogens is 360 g/mol. The summed E-state index contributed by atoms with van der Waals surface area (Å²) < 4.78 is 9.49. The Labute approximate surface area is 159 Å². The molecule has 0 amide bonds. The highest BCUT2D eigenvalue weighted by Gasteiger charge is 2.15. The monoisotopic (exact) mass is 380 g/mol. The van der Waals surface area contributed by atoms with Gasteiger partial charge in [0.15, 0.2) is 11.2 Å². The molecule has 0 spiro atoms. The van der Waals surface area contributed by atoms with Gasteiger partial charge < -0.3 is 8.98 Å². The first kappa shape index (κ1) is 17.9. The van der Waals surface area contributed by atoms with Crippen molar-refractivity contribution in [1.82, 2.24) is 28.9 Å². The SMILES string of the molecule is Cc1ccc([C@H](C)Cn2nc(Cn3cnc4ncn(C)c4c3=O)oc2=O)cc1. The van der Waals surface area contributed by atoms with E-state index in [0.717, 1.165) is 5.56 Å². The van der Waals surface area contributed by atoms with Crippen molar-refractivity contribution in [1.29, 1.82) is 0 Å². The highest BCUT2D eigenvalue weighted by atomic mass is 16.4. The third-order valence-electron chi connectivity index (χ3n) is 4.75. The van der Waals surface area contributed by atoms with Crippen LogP contribution >= 0.6 is 0 Å². The molecule has 0 saturated heterocycles. The van der Waals surface area contributed by atoms with E-state index in [0.29, 0.717) is 17.7 Å². The molecule has 1 aromatic carbocycles. The molecule has 28 heavy (non-hydrogen) atoms. The zero-order chi connectivity index (χ0) is 19.8. The summed E-state index contributed by atoms with van der Waals surface area (Å²) in [5.74, 6) is -0.297. The van der Waals surface area contributed by atoms with Crippen LogP contribution in [0.15, 0.2) is 50.9 Å². The van der Waals surface area contributed by atoms with Crippen LogP contribution in [0.5, 0.6) is 0 Å². The largest absolute Gasteiger partial charge is 0.437 e. The fraction of sp³-hybridized carbons (Fsp3) is 0.316. The number of aryl methyl sites for hydroxylation is 2. The second kappa shape index (κ2) is 6.91. The molecule has 0 aliphatic heterocycles. The molecule has 3 heterocycles. The van der Waals surface area contributed by atoms with Gasteiger partial charge in [-0.3, -0.25) is 9.36 Å². The minimum atomic E-state index is -0.545. The van der Waals surface area contributed by atoms with Crippen molar-refractivity contribution in [3.63, 3.8) is 0 Å². The Morgan fingerprint density at radius 3 is 2.57 bits per heavy atom. The van der Waals surface area contributed by atoms with Crippen LogP contribution in [0.25, 0.3) is 11.2 Å². The standard InChI is InChI=1S/C19H20N6O3/c1-12-4-6-14(7-5-12)13(2)8-25-19(27)28-15(22-25)9-24-11-21-17-16(18(24)26)23(3)10-20-17/h4-7,10-11,13H,8-9H2,1-3H3/t13-/m1/s1. The highest BCUT2D eigenvalue weighted by molar-refractivity contribution is 5.68. The Balaban J connectivity index is 1.57. The molecule has 4 rings (SSSR count). The van der Waals surface area contributed by atoms with Gasteiger partial charge in [0.05, 0.1) is 12.9 Å². The quantitative estimate of drug-likeness (QED) is 0.519. The van der Waals surface area contributed by atoms with Crippen molar-refractivity contribution in [2.24, 2.45) is 7.05 Å². The van der Waals surface area contributed by atoms with E-state index >= 15 is 0 Å². The summed E-state index contributed by atoms with van der Waals surface area (Å²) in [6.45, 7) is 4.46. The molecule has 0 fully saturated rings. The summed E-state index contributed by atoms with van der Waals surface area (Å²) >= 11 is 0. The van der Waals surface area contributed by atoms with Gasteiger partial charge in [-0.2, -0.15) is 4.68 Å². The lowest BCUT2D eigenvalue weighted by molar-refractivity contribution is 0.428. The first-order valence-corrected chi connectivity index (χ1v) is 8.92. The van der Waals surface area contributed by atoms with Crippen LogP contribution in [0.2, 0.25) is 0 Å². The maximum absolute atomic E-state index is 12.6. The Morgan fingerprint density at radius 1 is 1.11 bits per heavy atom. The molecule has 0 unspecified atom stereocenters. The van der Waals surface area contributed by atoms with Gasteiger partial charge in [-0.15, -0.1) is 5.10 Å². The average Bonchev–Trinajstić information content (AvgIpc) is 3.21. The van der Waals surface area contributed by atoms with Crippen molar-refractivity contribution in [3.8, 4) is 0 Å². The number of benzene rings is 1. The Bertz CT molecular complexity index is 1250. The lowest BCUT2D eigenvalue weighted by Crippen LogP contribution is -2.23. The van der Waals surface area contributed by atoms with E-state index < -0.39 is 5.76 Å². The topological polar surface area (TPSA) is 101 Å². The van der Waals surface area contributed by atoms with Crippen molar-refractivity contribution in [3.05, 3.63) is 74.8 Å². The first-order valence-electron chi connectivity index (χ1n) is 8.92. The molecular formula is C19H20N6O3. The summed E-state index contributed by atoms with van der Waals surface area (Å²) in [4.78, 5) is 33.0. The number of aromatic nitrogens is 6. The van der Waals surface area contributed by atoms with Gasteiger partial charge >= 0.3 is 5.76 Å². The Kier molecular flexibility index (Phi) is 4.42. The maximum atomic E-state index is 12.6. The van der Waals surface area contributed by atoms with Crippen LogP contribution in [0, 0.1) is 6.92 Å². The van der Waals surface area contributed by atoms with Gasteiger partial charge in [-0.05, 0) is 12.5 Å². The number of imidazole rings is 1. The summed E-state index contributed by atoms with van der Waals surface area (Å²) in [6, 6.07) is 8.16. The van der Waals surface area contributed by atoms with Crippen LogP contribution < -0.4 is 11.3 Å². The zero-order valence-corrected chi connectivity index (χ0v) is 15.9. The predicted octanol–water partition coefficient (Wildman–Crippen LogP) is 1.44. The van der Waals surface area contributed by atoms with E-state index in [4.69, 9.17) is 4.42 Å². The molecule has 0 saturated carbocycles. The van der Waals surface area contributed by atoms with Crippen molar-refractivity contribution in [2.75, 3.05) is 0 Å². The van der Waals surface area contributed by atoms with Crippen LogP contribution in [0.3, 0.4) is 0 Å². The van der Waals surface area contributed by atoms with E-state index in [-0.39, 0.29) is 23.9 Å². The number of fused-ring (bicyclic) bond motifs is 1. The molecule has 0 aliphatic carbocycles. The molecule has 9 heteroatoms. The maximum Gasteiger partial charge on any atom is 0.437 e. The van der Waals surface area contributed by atoms with Crippen LogP contribution in [0.1, 0.15) is 29.9 Å². The zero-order valence-electron chi connectivity index (χ0n) is 15.9. The Morgan fingerprint density at radius 2 is 1.82 bits per heavy atom. The summed E-state index contributed by atoms with van der Waals surface area (Å²) in [5.41, 5.74) is 2.79. The molecule has 0 N–H and O–H groups in total. The van der Waals surface area contributed by atoms with Gasteiger partial charge in [0.25, 0.3) is 5.56 Å². The second-order valence-corrected chi connectivity index (χ2v) is 6.96. The van der Waals surface area contributed by atoms with E-state index in [2.05, 4.69) is 15.1 Å². The molecule has 0 aliphatic rings. The molecule has 4 aromatic rings. The van der Waals surface area contributed by atoms with Gasteiger partial charge in [-0.1, -0.05) is 36.8 Å². The molecule has 0 radical (unpaired) electrons. The van der Waals surface area contributed by atoms with Crippen LogP contribution in [-0.2, 0) is 20.1 Å². The predicted molar refractivity (Wildman–Crippen MR) is 102 cm³/mol. The molecule has 3 aromatic heterocycles. The summed E-state index contributed by atoms with van der Waals surface area (Å²) in [7, 11) is 1.73. The molecule has 1 atom stereocenters. The van der Waals surface area contributed by atoms with Crippen molar-refractivity contribution >= 4 is 11.2 Å². The second-order valence-electron chi connectivity index (χ2n) is 6.96. The van der Waals surface area contributed by atoms with E-state index in [1.165, 1.54) is 27.5 Å². The van der Waals surface area contributed by atoms with Gasteiger partial charge in [0.2, 0.25) is 5.89 Å². The lowest BCUT2D eigenvalue weighted by atomic mass is 10.0. The van der Waals surface area contributed by atoms with E-state index in [9.17, 15) is 9.59 Å². The van der Waals surface area contributed by atoms with Crippen LogP contribution in [0.4, 0.5) is 0 Å². The van der Waals surface area contributed by atoms with Gasteiger partial charge in [0.1, 0.15) is 12.9 Å². The number of nitrogens with zero attached hydrogens (tertiary/aromatic N) is 6. The Hall–Kier alpha value is -3.49. The van der Waals surface area contributed by atoms with E-state index in [1.807, 2.05) is 38.1 Å². The third kappa shape index (κ3) is 3.26. The number of rotatable bonds is 5. The fourth-order valence-electron chi connectivity index (χ4n) is 3.12. The normalized spacial score (nSPS) is 12.5. The molecule has 9 nitrogen and oxygen atoms in total. The van der Waals surface area contributed by atoms with Crippen LogP contribution in [-0.4, -0.2) is 28.9 Å². The van der Waals surface area contributed by atoms with E-state index in [1.54, 1.807) is 11.6 Å². The number of hydrogen-bond acceptors (Lipinski definition) is 6. The van der Waals surface area contributed by atoms with Gasteiger partial charge in [-0.25, -0.2) is 14.8 Å². The molecule has 0 bridgehead atoms. The minimum Gasteiger partial charge on any atom is -0.390 e. The molecule has 144 valence electrons. The fourth-order valence-corrected chi connectivity index (χ4v) is 3.12. The average molecular weight is 380 g/mol. The van der Waals surface area contributed by atoms with Crippen molar-refractivity contribution < 1.29 is 4.42 Å². The lowest BCUT2D eigenvalue weighted by Gasteiger charge is -2.10. The van der Waals surface area contributed by atoms with Gasteiger partial charge in [0, 0.05) is 13.0 Å². The minimum absolute atomic E-state index is 0.0219. The highest BCUT2D eigenvalue weighted by Crippen LogP contribution is 2.17.